The second-order valence-electron chi connectivity index (χ2n) is 7.93. The molecule has 10 nitrogen and oxygen atoms in total. The zero-order valence-electron chi connectivity index (χ0n) is 19.4. The number of hydrogen-bond donors (Lipinski definition) is 2. The van der Waals surface area contributed by atoms with Crippen LogP contribution < -0.4 is 10.6 Å². The number of carbonyl (C=O) groups excluding carboxylic acids is 2. The fraction of sp³-hybridized carbons (Fsp3) is 0.364. The molecule has 2 N–H and O–H groups in total. The van der Waals surface area contributed by atoms with Crippen molar-refractivity contribution in [2.45, 2.75) is 25.7 Å². The zero-order valence-corrected chi connectivity index (χ0v) is 21.9. The smallest absolute Gasteiger partial charge is 0.230 e. The maximum absolute atomic E-state index is 12.2. The van der Waals surface area contributed by atoms with E-state index in [2.05, 4.69) is 31.0 Å². The third kappa shape index (κ3) is 8.01. The van der Waals surface area contributed by atoms with Crippen LogP contribution in [-0.2, 0) is 49.4 Å². The van der Waals surface area contributed by atoms with Crippen LogP contribution in [0.15, 0.2) is 36.9 Å². The summed E-state index contributed by atoms with van der Waals surface area (Å²) in [6.45, 7) is 0. The zero-order chi connectivity index (χ0) is 24.6. The Morgan fingerprint density at radius 1 is 0.800 bits per heavy atom. The van der Waals surface area contributed by atoms with Gasteiger partial charge in [0.1, 0.15) is 10.0 Å². The van der Waals surface area contributed by atoms with Gasteiger partial charge in [0.15, 0.2) is 0 Å². The Morgan fingerprint density at radius 2 is 1.26 bits per heavy atom. The monoisotopic (exact) mass is 530 g/mol. The molecule has 0 radical (unpaired) electrons. The van der Waals surface area contributed by atoms with Crippen LogP contribution in [0.4, 0.5) is 10.3 Å². The summed E-state index contributed by atoms with van der Waals surface area (Å²) in [4.78, 5) is 24.3. The number of nitrogens with zero attached hydrogens (tertiary/aromatic N) is 6. The molecule has 0 spiro atoms. The van der Waals surface area contributed by atoms with Gasteiger partial charge in [0.05, 0.1) is 12.8 Å². The lowest BCUT2D eigenvalue weighted by atomic mass is 10.2. The maximum Gasteiger partial charge on any atom is 0.230 e. The van der Waals surface area contributed by atoms with Crippen molar-refractivity contribution in [1.82, 2.24) is 29.5 Å². The summed E-state index contributed by atoms with van der Waals surface area (Å²) in [6.07, 6.45) is 9.88. The molecule has 0 saturated carbocycles. The van der Waals surface area contributed by atoms with Crippen LogP contribution in [0.25, 0.3) is 0 Å². The molecule has 0 unspecified atom stereocenters. The fourth-order valence-corrected chi connectivity index (χ4v) is 5.91. The largest absolute Gasteiger partial charge is 0.357 e. The third-order valence-electron chi connectivity index (χ3n) is 4.86. The molecule has 0 aliphatic carbocycles. The van der Waals surface area contributed by atoms with Crippen molar-refractivity contribution in [3.63, 3.8) is 0 Å². The van der Waals surface area contributed by atoms with E-state index >= 15 is 0 Å². The van der Waals surface area contributed by atoms with E-state index in [1.807, 2.05) is 60.1 Å². The molecule has 0 aliphatic heterocycles. The van der Waals surface area contributed by atoms with Crippen molar-refractivity contribution >= 4 is 56.5 Å². The molecular weight excluding hydrogens is 504 g/mol. The molecule has 184 valence electrons. The average Bonchev–Trinajstić information content (AvgIpc) is 3.59. The fourth-order valence-electron chi connectivity index (χ4n) is 3.26. The molecule has 35 heavy (non-hydrogen) atoms. The van der Waals surface area contributed by atoms with Gasteiger partial charge in [-0.25, -0.2) is 0 Å². The van der Waals surface area contributed by atoms with Gasteiger partial charge in [0.2, 0.25) is 22.1 Å². The summed E-state index contributed by atoms with van der Waals surface area (Å²) in [5.41, 5.74) is 1.92. The summed E-state index contributed by atoms with van der Waals surface area (Å²) in [6, 6.07) is 3.85. The Kier molecular flexibility index (Phi) is 8.66. The molecule has 2 amide bonds. The van der Waals surface area contributed by atoms with Crippen LogP contribution >= 0.6 is 34.4 Å². The minimum absolute atomic E-state index is 0.0963. The third-order valence-corrected chi connectivity index (χ3v) is 7.65. The van der Waals surface area contributed by atoms with Gasteiger partial charge < -0.3 is 19.8 Å². The minimum atomic E-state index is -0.0963. The van der Waals surface area contributed by atoms with Gasteiger partial charge in [0, 0.05) is 51.7 Å². The van der Waals surface area contributed by atoms with Crippen LogP contribution in [-0.4, -0.2) is 52.8 Å². The first-order chi connectivity index (χ1) is 16.9. The van der Waals surface area contributed by atoms with E-state index in [9.17, 15) is 9.59 Å². The lowest BCUT2D eigenvalue weighted by Crippen LogP contribution is -2.13. The number of aromatic nitrogens is 6. The molecule has 4 heterocycles. The van der Waals surface area contributed by atoms with Crippen LogP contribution in [0.1, 0.15) is 21.1 Å². The van der Waals surface area contributed by atoms with Crippen molar-refractivity contribution in [3.8, 4) is 0 Å². The molecule has 0 atom stereocenters. The molecule has 0 fully saturated rings. The van der Waals surface area contributed by atoms with Gasteiger partial charge in [-0.2, -0.15) is 11.8 Å². The van der Waals surface area contributed by atoms with Crippen molar-refractivity contribution in [3.05, 3.63) is 58.1 Å². The highest BCUT2D eigenvalue weighted by molar-refractivity contribution is 7.99. The number of anilines is 2. The van der Waals surface area contributed by atoms with Gasteiger partial charge >= 0.3 is 0 Å². The topological polar surface area (TPSA) is 120 Å². The normalized spacial score (nSPS) is 11.0. The molecular formula is C22H26N8O2S3. The van der Waals surface area contributed by atoms with Gasteiger partial charge in [-0.3, -0.25) is 9.59 Å². The number of thioether (sulfide) groups is 1. The second kappa shape index (κ2) is 12.1. The van der Waals surface area contributed by atoms with E-state index in [0.29, 0.717) is 23.1 Å². The van der Waals surface area contributed by atoms with E-state index in [1.54, 1.807) is 11.8 Å². The first-order valence-electron chi connectivity index (χ1n) is 11.0. The van der Waals surface area contributed by atoms with E-state index in [-0.39, 0.29) is 11.8 Å². The molecule has 4 aromatic rings. The van der Waals surface area contributed by atoms with Gasteiger partial charge in [-0.05, 0) is 34.8 Å². The number of carbonyl (C=O) groups is 2. The van der Waals surface area contributed by atoms with Crippen LogP contribution in [0.2, 0.25) is 0 Å². The number of rotatable bonds is 12. The summed E-state index contributed by atoms with van der Waals surface area (Å²) in [7, 11) is 3.85. The molecule has 0 aromatic carbocycles. The summed E-state index contributed by atoms with van der Waals surface area (Å²) < 4.78 is 3.83. The molecule has 0 aliphatic rings. The molecule has 0 saturated heterocycles. The molecule has 13 heteroatoms. The Morgan fingerprint density at radius 3 is 1.66 bits per heavy atom. The van der Waals surface area contributed by atoms with Crippen LogP contribution in [0.3, 0.4) is 0 Å². The summed E-state index contributed by atoms with van der Waals surface area (Å²) in [5.74, 6) is 1.60. The van der Waals surface area contributed by atoms with Crippen molar-refractivity contribution in [2.24, 2.45) is 14.1 Å². The molecule has 0 bridgehead atoms. The highest BCUT2D eigenvalue weighted by Gasteiger charge is 2.11. The number of hydrogen-bond acceptors (Lipinski definition) is 9. The first-order valence-corrected chi connectivity index (χ1v) is 13.8. The first kappa shape index (κ1) is 25.1. The Bertz CT molecular complexity index is 1180. The lowest BCUT2D eigenvalue weighted by molar-refractivity contribution is -0.116. The predicted molar refractivity (Wildman–Crippen MR) is 140 cm³/mol. The van der Waals surface area contributed by atoms with E-state index in [0.717, 1.165) is 45.5 Å². The Hall–Kier alpha value is -3.03. The molecule has 4 rings (SSSR count). The predicted octanol–water partition coefficient (Wildman–Crippen LogP) is 2.95. The van der Waals surface area contributed by atoms with Crippen molar-refractivity contribution < 1.29 is 9.59 Å². The second-order valence-corrected chi connectivity index (χ2v) is 11.3. The van der Waals surface area contributed by atoms with E-state index in [4.69, 9.17) is 0 Å². The number of nitrogens with one attached hydrogen (secondary N) is 2. The van der Waals surface area contributed by atoms with Gasteiger partial charge in [-0.1, -0.05) is 22.7 Å². The van der Waals surface area contributed by atoms with E-state index < -0.39 is 0 Å². The Labute approximate surface area is 215 Å². The van der Waals surface area contributed by atoms with Crippen molar-refractivity contribution in [2.75, 3.05) is 22.1 Å². The SMILES string of the molecule is Cn1ccc(CC(=O)Nc2nnc(CCSCCc3nnc(NC(=O)Cc4ccn(C)c4)s3)s2)c1. The average molecular weight is 531 g/mol. The minimum Gasteiger partial charge on any atom is -0.357 e. The molecule has 4 aromatic heterocycles. The highest BCUT2D eigenvalue weighted by Crippen LogP contribution is 2.20. The van der Waals surface area contributed by atoms with Gasteiger partial charge in [0.25, 0.3) is 0 Å². The highest BCUT2D eigenvalue weighted by atomic mass is 32.2. The van der Waals surface area contributed by atoms with E-state index in [1.165, 1.54) is 22.7 Å². The van der Waals surface area contributed by atoms with Crippen LogP contribution in [0.5, 0.6) is 0 Å². The summed E-state index contributed by atoms with van der Waals surface area (Å²) >= 11 is 4.61. The van der Waals surface area contributed by atoms with Crippen molar-refractivity contribution in [1.29, 1.82) is 0 Å². The standard InChI is InChI=1S/C22H26N8O2S3/c1-29-7-3-15(13-29)11-17(31)23-21-27-25-19(34-21)5-9-33-10-6-20-26-28-22(35-20)24-18(32)12-16-4-8-30(2)14-16/h3-4,7-8,13-14H,5-6,9-12H2,1-2H3,(H,23,27,31)(H,24,28,32). The quantitative estimate of drug-likeness (QED) is 0.270. The Balaban J connectivity index is 1.11. The lowest BCUT2D eigenvalue weighted by Gasteiger charge is -1.99. The summed E-state index contributed by atoms with van der Waals surface area (Å²) in [5, 5.41) is 25.0. The number of aryl methyl sites for hydroxylation is 4. The van der Waals surface area contributed by atoms with Gasteiger partial charge in [-0.15, -0.1) is 20.4 Å². The van der Waals surface area contributed by atoms with Crippen LogP contribution in [0, 0.1) is 0 Å². The maximum atomic E-state index is 12.2. The number of amides is 2.